The molecule has 0 spiro atoms. The molecule has 0 bridgehead atoms. The van der Waals surface area contributed by atoms with E-state index in [0.29, 0.717) is 13.2 Å². The van der Waals surface area contributed by atoms with E-state index >= 15 is 0 Å². The third-order valence-corrected chi connectivity index (χ3v) is 9.93. The molecule has 5 heteroatoms. The molecule has 38 heavy (non-hydrogen) atoms. The van der Waals surface area contributed by atoms with Gasteiger partial charge in [-0.25, -0.2) is 4.98 Å². The van der Waals surface area contributed by atoms with Crippen LogP contribution >= 0.6 is 22.7 Å². The van der Waals surface area contributed by atoms with E-state index in [9.17, 15) is 0 Å². The summed E-state index contributed by atoms with van der Waals surface area (Å²) in [5.74, 6) is 0. The van der Waals surface area contributed by atoms with E-state index in [0.717, 1.165) is 10.7 Å². The first-order valence-electron chi connectivity index (χ1n) is 13.2. The highest BCUT2D eigenvalue weighted by molar-refractivity contribution is 7.29. The van der Waals surface area contributed by atoms with Crippen LogP contribution in [0.5, 0.6) is 0 Å². The number of hydrogen-bond donors (Lipinski definition) is 0. The summed E-state index contributed by atoms with van der Waals surface area (Å²) >= 11 is 3.68. The number of fused-ring (bicyclic) bond motifs is 1. The van der Waals surface area contributed by atoms with Gasteiger partial charge in [0.1, 0.15) is 5.01 Å². The van der Waals surface area contributed by atoms with Crippen molar-refractivity contribution in [2.75, 3.05) is 0 Å². The first kappa shape index (κ1) is 25.3. The molecule has 1 aliphatic rings. The molecule has 0 atom stereocenters. The highest BCUT2D eigenvalue weighted by Crippen LogP contribution is 2.35. The molecule has 5 aromatic rings. The van der Waals surface area contributed by atoms with Crippen LogP contribution in [0.3, 0.4) is 0 Å². The first-order chi connectivity index (χ1) is 18.3. The fourth-order valence-corrected chi connectivity index (χ4v) is 8.29. The molecule has 1 aliphatic heterocycles. The second-order valence-corrected chi connectivity index (χ2v) is 12.9. The molecule has 0 unspecified atom stereocenters. The van der Waals surface area contributed by atoms with Crippen molar-refractivity contribution < 1.29 is 4.74 Å². The summed E-state index contributed by atoms with van der Waals surface area (Å²) in [5, 5.41) is 1.09. The Morgan fingerprint density at radius 3 is 1.89 bits per heavy atom. The predicted octanol–water partition coefficient (Wildman–Crippen LogP) is 6.94. The zero-order chi connectivity index (χ0) is 26.6. The number of aromatic nitrogens is 1. The zero-order valence-electron chi connectivity index (χ0n) is 22.9. The molecule has 6 rings (SSSR count). The molecule has 0 amide bonds. The number of thiazole rings is 1. The maximum Gasteiger partial charge on any atom is 0.255 e. The average Bonchev–Trinajstić information content (AvgIpc) is 3.59. The maximum atomic E-state index is 5.53. The van der Waals surface area contributed by atoms with Gasteiger partial charge in [-0.3, -0.25) is 0 Å². The van der Waals surface area contributed by atoms with Gasteiger partial charge in [-0.15, -0.1) is 22.7 Å². The van der Waals surface area contributed by atoms with Gasteiger partial charge < -0.3 is 4.74 Å². The van der Waals surface area contributed by atoms with E-state index < -0.39 is 0 Å². The van der Waals surface area contributed by atoms with Gasteiger partial charge in [-0.05, 0) is 64.0 Å². The fourth-order valence-electron chi connectivity index (χ4n) is 6.16. The molecule has 0 N–H and O–H groups in total. The Hall–Kier alpha value is -2.99. The number of hydrogen-bond acceptors (Lipinski definition) is 4. The van der Waals surface area contributed by atoms with Gasteiger partial charge in [-0.2, -0.15) is 0 Å². The Morgan fingerprint density at radius 1 is 0.684 bits per heavy atom. The Balaban J connectivity index is 1.46. The minimum atomic E-state index is 0.208. The standard InChI is InChI=1S/C33H32BNOS2/c1-19-12-21(3)31(22(4)13-19)34(32-23(5)14-20(2)15-24(32)6)30-11-10-28(37-30)25-8-7-9-26(16-25)33-35-27-17-36-18-29(27)38-33/h7-16H,17-18H2,1-6H3. The summed E-state index contributed by atoms with van der Waals surface area (Å²) in [6.07, 6.45) is 0. The van der Waals surface area contributed by atoms with E-state index in [4.69, 9.17) is 9.72 Å². The van der Waals surface area contributed by atoms with Crippen molar-refractivity contribution in [3.63, 3.8) is 0 Å². The number of rotatable bonds is 5. The van der Waals surface area contributed by atoms with Crippen molar-refractivity contribution in [3.05, 3.63) is 105 Å². The van der Waals surface area contributed by atoms with Crippen molar-refractivity contribution >= 4 is 45.1 Å². The van der Waals surface area contributed by atoms with Crippen LogP contribution in [0.2, 0.25) is 0 Å². The summed E-state index contributed by atoms with van der Waals surface area (Å²) in [4.78, 5) is 7.42. The first-order valence-corrected chi connectivity index (χ1v) is 14.8. The van der Waals surface area contributed by atoms with Crippen molar-refractivity contribution in [2.45, 2.75) is 54.8 Å². The third kappa shape index (κ3) is 4.57. The van der Waals surface area contributed by atoms with Crippen molar-refractivity contribution in [1.82, 2.24) is 4.98 Å². The van der Waals surface area contributed by atoms with Crippen molar-refractivity contribution in [1.29, 1.82) is 0 Å². The van der Waals surface area contributed by atoms with Gasteiger partial charge in [0.2, 0.25) is 0 Å². The summed E-state index contributed by atoms with van der Waals surface area (Å²) in [5.41, 5.74) is 14.5. The smallest absolute Gasteiger partial charge is 0.255 e. The lowest BCUT2D eigenvalue weighted by atomic mass is 9.37. The predicted molar refractivity (Wildman–Crippen MR) is 165 cm³/mol. The summed E-state index contributed by atoms with van der Waals surface area (Å²) < 4.78 is 6.92. The molecule has 0 saturated heterocycles. The van der Waals surface area contributed by atoms with Gasteiger partial charge in [0.15, 0.2) is 0 Å². The van der Waals surface area contributed by atoms with E-state index in [1.165, 1.54) is 70.0 Å². The van der Waals surface area contributed by atoms with E-state index in [1.54, 1.807) is 11.3 Å². The van der Waals surface area contributed by atoms with E-state index in [2.05, 4.69) is 102 Å². The molecule has 190 valence electrons. The van der Waals surface area contributed by atoms with Gasteiger partial charge in [-0.1, -0.05) is 92.8 Å². The summed E-state index contributed by atoms with van der Waals surface area (Å²) in [6.45, 7) is 15.0. The number of ether oxygens (including phenoxy) is 1. The van der Waals surface area contributed by atoms with E-state index in [1.807, 2.05) is 11.3 Å². The Kier molecular flexibility index (Phi) is 6.63. The molecule has 3 heterocycles. The Labute approximate surface area is 234 Å². The lowest BCUT2D eigenvalue weighted by molar-refractivity contribution is 0.134. The summed E-state index contributed by atoms with van der Waals surface area (Å²) in [6, 6.07) is 22.9. The monoisotopic (exact) mass is 533 g/mol. The molecular formula is C33H32BNOS2. The Bertz CT molecular complexity index is 1550. The normalized spacial score (nSPS) is 12.7. The summed E-state index contributed by atoms with van der Waals surface area (Å²) in [7, 11) is 0. The molecule has 0 fully saturated rings. The average molecular weight is 534 g/mol. The topological polar surface area (TPSA) is 22.1 Å². The molecule has 0 aliphatic carbocycles. The number of aryl methyl sites for hydroxylation is 6. The van der Waals surface area contributed by atoms with Crippen molar-refractivity contribution in [3.8, 4) is 21.0 Å². The quantitative estimate of drug-likeness (QED) is 0.229. The zero-order valence-corrected chi connectivity index (χ0v) is 24.6. The second kappa shape index (κ2) is 9.96. The molecular weight excluding hydrogens is 501 g/mol. The number of thiophene rings is 1. The number of benzene rings is 3. The van der Waals surface area contributed by atoms with Crippen LogP contribution in [-0.4, -0.2) is 11.7 Å². The van der Waals surface area contributed by atoms with E-state index in [-0.39, 0.29) is 6.71 Å². The van der Waals surface area contributed by atoms with Gasteiger partial charge in [0.05, 0.1) is 23.8 Å². The SMILES string of the molecule is Cc1cc(C)c(B(c2ccc(-c3cccc(-c4nc5c(s4)COC5)c3)s2)c2c(C)cc(C)cc2C)c(C)c1. The Morgan fingerprint density at radius 2 is 1.29 bits per heavy atom. The molecule has 3 aromatic carbocycles. The van der Waals surface area contributed by atoms with Gasteiger partial charge in [0, 0.05) is 10.4 Å². The lowest BCUT2D eigenvalue weighted by Gasteiger charge is -2.23. The third-order valence-electron chi connectivity index (χ3n) is 7.61. The fraction of sp³-hybridized carbons (Fsp3) is 0.242. The second-order valence-electron chi connectivity index (χ2n) is 10.7. The highest BCUT2D eigenvalue weighted by Gasteiger charge is 2.30. The van der Waals surface area contributed by atoms with Crippen LogP contribution in [0.25, 0.3) is 21.0 Å². The highest BCUT2D eigenvalue weighted by atomic mass is 32.1. The van der Waals surface area contributed by atoms with Crippen LogP contribution in [0.4, 0.5) is 0 Å². The van der Waals surface area contributed by atoms with Crippen LogP contribution in [-0.2, 0) is 18.0 Å². The minimum absolute atomic E-state index is 0.208. The minimum Gasteiger partial charge on any atom is -0.370 e. The lowest BCUT2D eigenvalue weighted by Crippen LogP contribution is -2.54. The maximum absolute atomic E-state index is 5.53. The van der Waals surface area contributed by atoms with Gasteiger partial charge >= 0.3 is 0 Å². The van der Waals surface area contributed by atoms with Crippen LogP contribution in [0.15, 0.2) is 60.7 Å². The van der Waals surface area contributed by atoms with Crippen LogP contribution < -0.4 is 15.7 Å². The molecule has 2 aromatic heterocycles. The van der Waals surface area contributed by atoms with Crippen LogP contribution in [0.1, 0.15) is 44.0 Å². The largest absolute Gasteiger partial charge is 0.370 e. The molecule has 2 nitrogen and oxygen atoms in total. The van der Waals surface area contributed by atoms with Crippen LogP contribution in [0, 0.1) is 41.5 Å². The van der Waals surface area contributed by atoms with Crippen molar-refractivity contribution in [2.24, 2.45) is 0 Å². The molecule has 0 saturated carbocycles. The van der Waals surface area contributed by atoms with Gasteiger partial charge in [0.25, 0.3) is 6.71 Å². The molecule has 0 radical (unpaired) electrons. The number of nitrogens with zero attached hydrogens (tertiary/aromatic N) is 1.